The predicted molar refractivity (Wildman–Crippen MR) is 132 cm³/mol. The summed E-state index contributed by atoms with van der Waals surface area (Å²) in [5.74, 6) is 0.164. The Hall–Kier alpha value is -3.90. The molecule has 0 saturated carbocycles. The molecule has 6 nitrogen and oxygen atoms in total. The summed E-state index contributed by atoms with van der Waals surface area (Å²) < 4.78 is 1.88. The number of nitrogens with zero attached hydrogens (tertiary/aromatic N) is 2. The Labute approximate surface area is 203 Å². The molecular weight excluding hydrogens is 448 g/mol. The smallest absolute Gasteiger partial charge is 0.253 e. The highest BCUT2D eigenvalue weighted by molar-refractivity contribution is 6.33. The number of halogens is 1. The Morgan fingerprint density at radius 1 is 0.882 bits per heavy atom. The van der Waals surface area contributed by atoms with Crippen molar-refractivity contribution in [1.29, 1.82) is 0 Å². The number of carbonyl (C=O) groups excluding carboxylic acids is 2. The molecular formula is C27H25ClN4O2. The van der Waals surface area contributed by atoms with Crippen molar-refractivity contribution in [2.45, 2.75) is 18.5 Å². The van der Waals surface area contributed by atoms with Crippen molar-refractivity contribution in [1.82, 2.24) is 20.2 Å². The highest BCUT2D eigenvalue weighted by atomic mass is 35.5. The van der Waals surface area contributed by atoms with Gasteiger partial charge >= 0.3 is 0 Å². The molecule has 2 N–H and O–H groups in total. The fraction of sp³-hybridized carbons (Fsp3) is 0.148. The largest absolute Gasteiger partial charge is 0.345 e. The molecule has 2 amide bonds. The molecule has 4 rings (SSSR count). The number of imidazole rings is 1. The Bertz CT molecular complexity index is 1260. The molecule has 0 radical (unpaired) electrons. The van der Waals surface area contributed by atoms with E-state index in [2.05, 4.69) is 15.6 Å². The number of aryl methyl sites for hydroxylation is 1. The fourth-order valence-electron chi connectivity index (χ4n) is 3.82. The molecule has 0 spiro atoms. The summed E-state index contributed by atoms with van der Waals surface area (Å²) in [7, 11) is 1.89. The van der Waals surface area contributed by atoms with E-state index >= 15 is 0 Å². The third-order valence-electron chi connectivity index (χ3n) is 5.57. The summed E-state index contributed by atoms with van der Waals surface area (Å²) in [6.07, 6.45) is 3.59. The van der Waals surface area contributed by atoms with E-state index < -0.39 is 12.1 Å². The Morgan fingerprint density at radius 2 is 1.50 bits per heavy atom. The molecule has 34 heavy (non-hydrogen) atoms. The van der Waals surface area contributed by atoms with Gasteiger partial charge in [-0.3, -0.25) is 9.59 Å². The Balaban J connectivity index is 1.57. The van der Waals surface area contributed by atoms with Crippen LogP contribution in [0, 0.1) is 0 Å². The molecule has 0 fully saturated rings. The zero-order chi connectivity index (χ0) is 23.9. The first-order chi connectivity index (χ1) is 16.5. The van der Waals surface area contributed by atoms with Crippen molar-refractivity contribution in [3.63, 3.8) is 0 Å². The molecule has 0 aliphatic rings. The standard InChI is InChI=1S/C27H25ClN4O2/c1-32-17-16-29-26(32)25(20-12-6-3-7-13-20)31-24(33)18-23(19-10-4-2-5-11-19)30-27(34)21-14-8-9-15-22(21)28/h2-17,23,25H,18H2,1H3,(H,30,34)(H,31,33)/t23-,25+/m1/s1. The zero-order valence-corrected chi connectivity index (χ0v) is 19.4. The van der Waals surface area contributed by atoms with Crippen LogP contribution in [0.5, 0.6) is 0 Å². The van der Waals surface area contributed by atoms with Crippen LogP contribution in [0.25, 0.3) is 0 Å². The highest BCUT2D eigenvalue weighted by Crippen LogP contribution is 2.23. The fourth-order valence-corrected chi connectivity index (χ4v) is 4.04. The van der Waals surface area contributed by atoms with Gasteiger partial charge < -0.3 is 15.2 Å². The molecule has 0 saturated heterocycles. The van der Waals surface area contributed by atoms with Gasteiger partial charge in [-0.1, -0.05) is 84.4 Å². The van der Waals surface area contributed by atoms with Crippen LogP contribution in [0.4, 0.5) is 0 Å². The number of rotatable bonds is 8. The van der Waals surface area contributed by atoms with Crippen molar-refractivity contribution in [2.24, 2.45) is 7.05 Å². The van der Waals surface area contributed by atoms with Crippen molar-refractivity contribution in [2.75, 3.05) is 0 Å². The number of hydrogen-bond donors (Lipinski definition) is 2. The zero-order valence-electron chi connectivity index (χ0n) is 18.7. The molecule has 1 aromatic heterocycles. The topological polar surface area (TPSA) is 76.0 Å². The van der Waals surface area contributed by atoms with Crippen LogP contribution in [0.3, 0.4) is 0 Å². The minimum atomic E-state index is -0.539. The average Bonchev–Trinajstić information content (AvgIpc) is 3.29. The quantitative estimate of drug-likeness (QED) is 0.385. The van der Waals surface area contributed by atoms with Crippen LogP contribution in [0.15, 0.2) is 97.3 Å². The third-order valence-corrected chi connectivity index (χ3v) is 5.90. The number of carbonyl (C=O) groups is 2. The van der Waals surface area contributed by atoms with Gasteiger partial charge in [0.1, 0.15) is 11.9 Å². The minimum absolute atomic E-state index is 0.0496. The molecule has 172 valence electrons. The normalized spacial score (nSPS) is 12.5. The number of nitrogens with one attached hydrogen (secondary N) is 2. The SMILES string of the molecule is Cn1ccnc1[C@@H](NC(=O)C[C@@H](NC(=O)c1ccccc1Cl)c1ccccc1)c1ccccc1. The number of amides is 2. The maximum absolute atomic E-state index is 13.3. The van der Waals surface area contributed by atoms with Gasteiger partial charge in [-0.2, -0.15) is 0 Å². The van der Waals surface area contributed by atoms with Crippen molar-refractivity contribution >= 4 is 23.4 Å². The van der Waals surface area contributed by atoms with E-state index in [1.165, 1.54) is 0 Å². The first kappa shape index (κ1) is 23.3. The van der Waals surface area contributed by atoms with Gasteiger partial charge in [0.25, 0.3) is 5.91 Å². The molecule has 0 aliphatic carbocycles. The summed E-state index contributed by atoms with van der Waals surface area (Å²) in [5.41, 5.74) is 2.11. The summed E-state index contributed by atoms with van der Waals surface area (Å²) in [4.78, 5) is 30.7. The molecule has 7 heteroatoms. The van der Waals surface area contributed by atoms with Gasteiger partial charge in [0, 0.05) is 19.4 Å². The Morgan fingerprint density at radius 3 is 2.12 bits per heavy atom. The lowest BCUT2D eigenvalue weighted by molar-refractivity contribution is -0.122. The monoisotopic (exact) mass is 472 g/mol. The molecule has 4 aromatic rings. The van der Waals surface area contributed by atoms with Crippen molar-refractivity contribution in [3.05, 3.63) is 125 Å². The van der Waals surface area contributed by atoms with Crippen molar-refractivity contribution in [3.8, 4) is 0 Å². The molecule has 0 unspecified atom stereocenters. The minimum Gasteiger partial charge on any atom is -0.345 e. The van der Waals surface area contributed by atoms with Crippen molar-refractivity contribution < 1.29 is 9.59 Å². The number of aromatic nitrogens is 2. The van der Waals surface area contributed by atoms with Crippen LogP contribution in [-0.2, 0) is 11.8 Å². The van der Waals surface area contributed by atoms with E-state index in [0.717, 1.165) is 17.0 Å². The summed E-state index contributed by atoms with van der Waals surface area (Å²) in [5, 5.41) is 6.43. The molecule has 0 aliphatic heterocycles. The third kappa shape index (κ3) is 5.53. The van der Waals surface area contributed by atoms with Gasteiger partial charge in [-0.05, 0) is 23.3 Å². The summed E-state index contributed by atoms with van der Waals surface area (Å²) in [6.45, 7) is 0. The maximum atomic E-state index is 13.3. The van der Waals surface area contributed by atoms with E-state index in [1.807, 2.05) is 78.5 Å². The maximum Gasteiger partial charge on any atom is 0.253 e. The van der Waals surface area contributed by atoms with Gasteiger partial charge in [0.2, 0.25) is 5.91 Å². The number of hydrogen-bond acceptors (Lipinski definition) is 3. The first-order valence-electron chi connectivity index (χ1n) is 10.9. The predicted octanol–water partition coefficient (Wildman–Crippen LogP) is 4.84. The lowest BCUT2D eigenvalue weighted by atomic mass is 10.0. The van der Waals surface area contributed by atoms with E-state index in [9.17, 15) is 9.59 Å². The van der Waals surface area contributed by atoms with Crippen LogP contribution < -0.4 is 10.6 Å². The Kier molecular flexibility index (Phi) is 7.40. The van der Waals surface area contributed by atoms with E-state index in [-0.39, 0.29) is 18.2 Å². The van der Waals surface area contributed by atoms with Gasteiger partial charge in [0.15, 0.2) is 0 Å². The molecule has 0 bridgehead atoms. The lowest BCUT2D eigenvalue weighted by Crippen LogP contribution is -2.36. The summed E-state index contributed by atoms with van der Waals surface area (Å²) >= 11 is 6.21. The van der Waals surface area contributed by atoms with E-state index in [1.54, 1.807) is 30.5 Å². The number of benzene rings is 3. The molecule has 1 heterocycles. The van der Waals surface area contributed by atoms with Crippen LogP contribution in [-0.4, -0.2) is 21.4 Å². The van der Waals surface area contributed by atoms with E-state index in [4.69, 9.17) is 11.6 Å². The van der Waals surface area contributed by atoms with Gasteiger partial charge in [0.05, 0.1) is 23.0 Å². The molecule has 2 atom stereocenters. The second-order valence-corrected chi connectivity index (χ2v) is 8.34. The second-order valence-electron chi connectivity index (χ2n) is 7.93. The van der Waals surface area contributed by atoms with Gasteiger partial charge in [-0.15, -0.1) is 0 Å². The van der Waals surface area contributed by atoms with Crippen LogP contribution >= 0.6 is 11.6 Å². The van der Waals surface area contributed by atoms with Gasteiger partial charge in [-0.25, -0.2) is 4.98 Å². The second kappa shape index (κ2) is 10.8. The van der Waals surface area contributed by atoms with E-state index in [0.29, 0.717) is 10.6 Å². The highest BCUT2D eigenvalue weighted by Gasteiger charge is 2.24. The average molecular weight is 473 g/mol. The van der Waals surface area contributed by atoms with Crippen LogP contribution in [0.1, 0.15) is 45.8 Å². The lowest BCUT2D eigenvalue weighted by Gasteiger charge is -2.23. The molecule has 3 aromatic carbocycles. The summed E-state index contributed by atoms with van der Waals surface area (Å²) in [6, 6.07) is 25.0. The van der Waals surface area contributed by atoms with Crippen LogP contribution in [0.2, 0.25) is 5.02 Å². The first-order valence-corrected chi connectivity index (χ1v) is 11.3.